The SMILES string of the molecule is CC(=O)O.CC(=O)ON1C(=O)CCC1=O.CCN(C(C)C)C(C)C.CN(C)C(ON1C(=O)CCC1=O)=[N+](C)C.FB(F)F.[F-]. The molecule has 0 radical (unpaired) electrons. The highest BCUT2D eigenvalue weighted by molar-refractivity contribution is 6.33. The maximum absolute atomic E-state index is 11.3. The Morgan fingerprint density at radius 1 is 0.841 bits per heavy atom. The van der Waals surface area contributed by atoms with E-state index in [1.54, 1.807) is 37.7 Å². The molecule has 0 spiro atoms. The van der Waals surface area contributed by atoms with Crippen molar-refractivity contribution in [2.45, 2.75) is 86.2 Å². The second-order valence-electron chi connectivity index (χ2n) is 9.69. The molecule has 0 aromatic heterocycles. The van der Waals surface area contributed by atoms with Crippen molar-refractivity contribution in [2.75, 3.05) is 34.7 Å². The van der Waals surface area contributed by atoms with Gasteiger partial charge in [0.2, 0.25) is 0 Å². The average Bonchev–Trinajstić information content (AvgIpc) is 3.31. The third-order valence-electron chi connectivity index (χ3n) is 4.86. The summed E-state index contributed by atoms with van der Waals surface area (Å²) in [6, 6.07) is 1.82. The van der Waals surface area contributed by atoms with Crippen LogP contribution in [0.5, 0.6) is 0 Å². The smallest absolute Gasteiger partial charge is 0.762 e. The predicted molar refractivity (Wildman–Crippen MR) is 151 cm³/mol. The zero-order chi connectivity index (χ0) is 34.6. The van der Waals surface area contributed by atoms with Crippen LogP contribution >= 0.6 is 0 Å². The number of carbonyl (C=O) groups excluding carboxylic acids is 5. The van der Waals surface area contributed by atoms with Crippen molar-refractivity contribution >= 4 is 49.1 Å². The normalized spacial score (nSPS) is 13.3. The molecular weight excluding hydrogens is 601 g/mol. The summed E-state index contributed by atoms with van der Waals surface area (Å²) in [4.78, 5) is 77.2. The largest absolute Gasteiger partial charge is 1.00 e. The second-order valence-corrected chi connectivity index (χ2v) is 9.69. The topological polar surface area (TPSA) is 157 Å². The molecule has 2 rings (SSSR count). The number of rotatable bonds is 5. The van der Waals surface area contributed by atoms with Crippen molar-refractivity contribution in [1.82, 2.24) is 19.9 Å². The van der Waals surface area contributed by atoms with Crippen molar-refractivity contribution in [3.05, 3.63) is 0 Å². The summed E-state index contributed by atoms with van der Waals surface area (Å²) in [5.41, 5.74) is 0. The van der Waals surface area contributed by atoms with E-state index in [0.717, 1.165) is 25.5 Å². The Kier molecular flexibility index (Phi) is 26.4. The summed E-state index contributed by atoms with van der Waals surface area (Å²) in [6.45, 7) is 14.5. The van der Waals surface area contributed by atoms with Crippen LogP contribution in [-0.2, 0) is 38.4 Å². The molecule has 44 heavy (non-hydrogen) atoms. The summed E-state index contributed by atoms with van der Waals surface area (Å²) >= 11 is 0. The number of carbonyl (C=O) groups is 6. The number of nitrogens with zero attached hydrogens (tertiary/aromatic N) is 5. The summed E-state index contributed by atoms with van der Waals surface area (Å²) in [5, 5.41) is 8.76. The molecule has 2 aliphatic heterocycles. The van der Waals surface area contributed by atoms with E-state index in [2.05, 4.69) is 44.4 Å². The van der Waals surface area contributed by atoms with Crippen molar-refractivity contribution in [3.8, 4) is 0 Å². The highest BCUT2D eigenvalue weighted by Crippen LogP contribution is 2.13. The lowest BCUT2D eigenvalue weighted by Gasteiger charge is -2.28. The molecule has 0 aromatic rings. The fourth-order valence-electron chi connectivity index (χ4n) is 3.42. The molecule has 2 saturated heterocycles. The zero-order valence-electron chi connectivity index (χ0n) is 27.2. The summed E-state index contributed by atoms with van der Waals surface area (Å²) in [5.74, 6) is -2.98. The number of hydrogen-bond acceptors (Lipinski definition) is 9. The number of imide groups is 2. The fraction of sp³-hybridized carbons (Fsp3) is 0.720. The number of hydrogen-bond donors (Lipinski definition) is 1. The third-order valence-corrected chi connectivity index (χ3v) is 4.86. The van der Waals surface area contributed by atoms with E-state index in [4.69, 9.17) is 14.7 Å². The molecule has 0 saturated carbocycles. The quantitative estimate of drug-likeness (QED) is 0.0972. The lowest BCUT2D eigenvalue weighted by atomic mass is 10.2. The van der Waals surface area contributed by atoms with Gasteiger partial charge in [0.05, 0.1) is 28.2 Å². The van der Waals surface area contributed by atoms with Gasteiger partial charge in [-0.2, -0.15) is 0 Å². The van der Waals surface area contributed by atoms with Crippen LogP contribution in [0.2, 0.25) is 0 Å². The molecule has 2 aliphatic rings. The molecule has 0 bridgehead atoms. The molecule has 0 aliphatic carbocycles. The minimum atomic E-state index is -3.67. The summed E-state index contributed by atoms with van der Waals surface area (Å²) in [7, 11) is 3.45. The molecule has 14 nitrogen and oxygen atoms in total. The number of carboxylic acids is 1. The summed E-state index contributed by atoms with van der Waals surface area (Å²) in [6.07, 6.45) is 0.720. The molecule has 256 valence electrons. The molecule has 2 fully saturated rings. The summed E-state index contributed by atoms with van der Waals surface area (Å²) < 4.78 is 30.7. The Labute approximate surface area is 256 Å². The highest BCUT2D eigenvalue weighted by Gasteiger charge is 2.35. The van der Waals surface area contributed by atoms with Crippen molar-refractivity contribution < 1.29 is 65.8 Å². The zero-order valence-corrected chi connectivity index (χ0v) is 27.2. The van der Waals surface area contributed by atoms with Gasteiger partial charge in [-0.1, -0.05) is 12.0 Å². The number of hydroxylamine groups is 4. The van der Waals surface area contributed by atoms with Gasteiger partial charge in [0.1, 0.15) is 0 Å². The van der Waals surface area contributed by atoms with Crippen LogP contribution in [0.3, 0.4) is 0 Å². The molecule has 2 heterocycles. The minimum Gasteiger partial charge on any atom is -1.00 e. The fourth-order valence-corrected chi connectivity index (χ4v) is 3.42. The highest BCUT2D eigenvalue weighted by atomic mass is 19.4. The first-order valence-electron chi connectivity index (χ1n) is 13.3. The van der Waals surface area contributed by atoms with Crippen LogP contribution in [0.15, 0.2) is 0 Å². The number of amidine groups is 1. The standard InChI is InChI=1S/C9H16N3O3.C8H19N.C6H7NO4.C2H4O2.BF3.FH/c1-10(2)9(11(3)4)15-12-7(13)5-6-8(12)14;1-6-9(7(2)3)8(4)5;1-4(8)11-7-5(9)2-3-6(7)10;1-2(3)4;2-1(3)4;/h5-6H2,1-4H3;7-8H,6H2,1-5H3;2-3H2,1H3;1H3,(H,3,4);;1H/q+1;;;;;/p-1. The van der Waals surface area contributed by atoms with Crippen molar-refractivity contribution in [3.63, 3.8) is 0 Å². The van der Waals surface area contributed by atoms with E-state index in [9.17, 15) is 36.9 Å². The van der Waals surface area contributed by atoms with E-state index in [1.807, 2.05) is 0 Å². The van der Waals surface area contributed by atoms with Crippen LogP contribution in [0.1, 0.15) is 74.1 Å². The van der Waals surface area contributed by atoms with E-state index in [1.165, 1.54) is 0 Å². The van der Waals surface area contributed by atoms with Crippen LogP contribution < -0.4 is 4.70 Å². The van der Waals surface area contributed by atoms with Crippen molar-refractivity contribution in [1.29, 1.82) is 0 Å². The van der Waals surface area contributed by atoms with E-state index in [-0.39, 0.29) is 42.2 Å². The first kappa shape index (κ1) is 47.2. The van der Waals surface area contributed by atoms with Gasteiger partial charge in [0.15, 0.2) is 0 Å². The van der Waals surface area contributed by atoms with Gasteiger partial charge in [-0.3, -0.25) is 46.7 Å². The Balaban J connectivity index is -0.000000246. The van der Waals surface area contributed by atoms with Crippen LogP contribution in [0.4, 0.5) is 12.9 Å². The van der Waals surface area contributed by atoms with Gasteiger partial charge in [-0.25, -0.2) is 14.3 Å². The monoisotopic (exact) mass is 647 g/mol. The molecule has 1 N–H and O–H groups in total. The molecular formula is C25H46BF4N5O9. The van der Waals surface area contributed by atoms with E-state index < -0.39 is 31.3 Å². The molecule has 0 unspecified atom stereocenters. The number of amides is 4. The average molecular weight is 647 g/mol. The van der Waals surface area contributed by atoms with Gasteiger partial charge < -0.3 is 14.6 Å². The van der Waals surface area contributed by atoms with E-state index >= 15 is 0 Å². The molecule has 0 atom stereocenters. The first-order chi connectivity index (χ1) is 19.6. The van der Waals surface area contributed by atoms with Gasteiger partial charge >= 0.3 is 19.5 Å². The maximum Gasteiger partial charge on any atom is 0.762 e. The number of aliphatic carboxylic acids is 1. The van der Waals surface area contributed by atoms with Crippen LogP contribution in [-0.4, -0.2) is 126 Å². The maximum atomic E-state index is 11.3. The third kappa shape index (κ3) is 22.8. The number of carboxylic acid groups (broad SMARTS) is 1. The lowest BCUT2D eigenvalue weighted by Crippen LogP contribution is -3.00. The van der Waals surface area contributed by atoms with Gasteiger partial charge in [-0.05, 0) is 34.2 Å². The number of halogens is 4. The van der Waals surface area contributed by atoms with Gasteiger partial charge in [-0.15, -0.1) is 5.06 Å². The second kappa shape index (κ2) is 24.7. The Morgan fingerprint density at radius 2 is 1.11 bits per heavy atom. The van der Waals surface area contributed by atoms with Gasteiger partial charge in [0, 0.05) is 51.6 Å². The Morgan fingerprint density at radius 3 is 1.27 bits per heavy atom. The van der Waals surface area contributed by atoms with Crippen LogP contribution in [0, 0.1) is 0 Å². The molecule has 4 amide bonds. The first-order valence-corrected chi connectivity index (χ1v) is 13.3. The predicted octanol–water partition coefficient (Wildman–Crippen LogP) is -1.03. The van der Waals surface area contributed by atoms with Crippen molar-refractivity contribution in [2.24, 2.45) is 0 Å². The Bertz CT molecular complexity index is 920. The molecule has 19 heteroatoms. The van der Waals surface area contributed by atoms with E-state index in [0.29, 0.717) is 23.2 Å². The Hall–Kier alpha value is -3.77. The molecule has 0 aromatic carbocycles. The van der Waals surface area contributed by atoms with Gasteiger partial charge in [0.25, 0.3) is 29.6 Å². The lowest BCUT2D eigenvalue weighted by molar-refractivity contribution is -0.484. The van der Waals surface area contributed by atoms with Crippen LogP contribution in [0.25, 0.3) is 0 Å². The minimum absolute atomic E-state index is 0.